The van der Waals surface area contributed by atoms with Crippen LogP contribution in [-0.4, -0.2) is 28.1 Å². The van der Waals surface area contributed by atoms with Crippen molar-refractivity contribution < 1.29 is 19.1 Å². The first-order chi connectivity index (χ1) is 14.5. The van der Waals surface area contributed by atoms with E-state index in [0.717, 1.165) is 29.2 Å². The van der Waals surface area contributed by atoms with Gasteiger partial charge < -0.3 is 9.47 Å². The molecule has 2 atom stereocenters. The van der Waals surface area contributed by atoms with Crippen LogP contribution in [0.2, 0.25) is 0 Å². The number of carbonyl (C=O) groups excluding carboxylic acids is 2. The Hall–Kier alpha value is -3.54. The van der Waals surface area contributed by atoms with E-state index in [1.165, 1.54) is 24.4 Å². The van der Waals surface area contributed by atoms with Crippen molar-refractivity contribution in [1.82, 2.24) is 10.0 Å². The number of carbonyl (C=O) groups is 2. The number of hydrogen-bond acceptors (Lipinski definition) is 5. The zero-order valence-electron chi connectivity index (χ0n) is 17.0. The monoisotopic (exact) mass is 404 g/mol. The molecule has 0 saturated heterocycles. The summed E-state index contributed by atoms with van der Waals surface area (Å²) < 4.78 is 12.3. The second-order valence-corrected chi connectivity index (χ2v) is 7.29. The van der Waals surface area contributed by atoms with Gasteiger partial charge in [0.25, 0.3) is 0 Å². The molecule has 6 heteroatoms. The van der Waals surface area contributed by atoms with Gasteiger partial charge in [0.1, 0.15) is 17.6 Å². The van der Waals surface area contributed by atoms with Gasteiger partial charge in [0, 0.05) is 20.0 Å². The Labute approximate surface area is 176 Å². The van der Waals surface area contributed by atoms with Crippen molar-refractivity contribution in [2.45, 2.75) is 39.0 Å². The Balaban J connectivity index is 1.51. The molecule has 2 heterocycles. The van der Waals surface area contributed by atoms with Crippen LogP contribution in [0.1, 0.15) is 37.5 Å². The molecule has 2 aliphatic rings. The average Bonchev–Trinajstić information content (AvgIpc) is 2.75. The quantitative estimate of drug-likeness (QED) is 0.766. The normalized spacial score (nSPS) is 19.6. The molecule has 0 aromatic heterocycles. The molecule has 2 unspecified atom stereocenters. The molecule has 0 saturated carbocycles. The Morgan fingerprint density at radius 3 is 2.57 bits per heavy atom. The van der Waals surface area contributed by atoms with Crippen LogP contribution in [0, 0.1) is 0 Å². The largest absolute Gasteiger partial charge is 0.485 e. The minimum Gasteiger partial charge on any atom is -0.485 e. The SMILES string of the molecule is CC(=O)N(C(C)=O)N1C=CC=CC1Oc1ccc2c(c1)CCC(c1ccccc1)O2. The fourth-order valence-electron chi connectivity index (χ4n) is 3.77. The Morgan fingerprint density at radius 2 is 1.83 bits per heavy atom. The van der Waals surface area contributed by atoms with Crippen molar-refractivity contribution in [3.63, 3.8) is 0 Å². The zero-order chi connectivity index (χ0) is 21.1. The molecule has 2 aromatic carbocycles. The van der Waals surface area contributed by atoms with Gasteiger partial charge in [0.15, 0.2) is 0 Å². The van der Waals surface area contributed by atoms with E-state index in [0.29, 0.717) is 5.75 Å². The Morgan fingerprint density at radius 1 is 1.07 bits per heavy atom. The maximum absolute atomic E-state index is 12.0. The number of hydrogen-bond donors (Lipinski definition) is 0. The highest BCUT2D eigenvalue weighted by molar-refractivity contribution is 5.92. The second-order valence-electron chi connectivity index (χ2n) is 7.29. The van der Waals surface area contributed by atoms with E-state index in [-0.39, 0.29) is 17.9 Å². The van der Waals surface area contributed by atoms with Crippen molar-refractivity contribution in [1.29, 1.82) is 0 Å². The maximum atomic E-state index is 12.0. The lowest BCUT2D eigenvalue weighted by atomic mass is 9.97. The van der Waals surface area contributed by atoms with Gasteiger partial charge >= 0.3 is 0 Å². The molecular formula is C24H24N2O4. The number of amides is 2. The first kappa shape index (κ1) is 19.8. The standard InChI is InChI=1S/C24H24N2O4/c1-17(27)26(18(2)28)25-15-7-6-10-24(25)29-21-12-14-23-20(16-21)11-13-22(30-23)19-8-4-3-5-9-19/h3-10,12,14-16,22,24H,11,13H2,1-2H3. The molecule has 0 aliphatic carbocycles. The summed E-state index contributed by atoms with van der Waals surface area (Å²) in [6, 6.07) is 15.9. The van der Waals surface area contributed by atoms with Gasteiger partial charge in [-0.3, -0.25) is 9.59 Å². The lowest BCUT2D eigenvalue weighted by molar-refractivity contribution is -0.165. The third-order valence-electron chi connectivity index (χ3n) is 5.12. The predicted molar refractivity (Wildman–Crippen MR) is 112 cm³/mol. The van der Waals surface area contributed by atoms with Crippen LogP contribution in [0.4, 0.5) is 0 Å². The molecular weight excluding hydrogens is 380 g/mol. The van der Waals surface area contributed by atoms with E-state index in [1.807, 2.05) is 42.5 Å². The molecule has 2 aromatic rings. The number of nitrogens with zero attached hydrogens (tertiary/aromatic N) is 2. The van der Waals surface area contributed by atoms with E-state index in [2.05, 4.69) is 12.1 Å². The zero-order valence-corrected chi connectivity index (χ0v) is 17.0. The molecule has 0 fully saturated rings. The number of fused-ring (bicyclic) bond motifs is 1. The van der Waals surface area contributed by atoms with Crippen LogP contribution in [0.5, 0.6) is 11.5 Å². The van der Waals surface area contributed by atoms with E-state index in [1.54, 1.807) is 18.4 Å². The molecule has 4 rings (SSSR count). The summed E-state index contributed by atoms with van der Waals surface area (Å²) in [7, 11) is 0. The third-order valence-corrected chi connectivity index (χ3v) is 5.12. The number of aryl methyl sites for hydroxylation is 1. The molecule has 0 spiro atoms. The summed E-state index contributed by atoms with van der Waals surface area (Å²) in [4.78, 5) is 23.9. The van der Waals surface area contributed by atoms with E-state index < -0.39 is 6.23 Å². The van der Waals surface area contributed by atoms with E-state index in [9.17, 15) is 9.59 Å². The average molecular weight is 404 g/mol. The van der Waals surface area contributed by atoms with Gasteiger partial charge in [-0.1, -0.05) is 36.4 Å². The minimum atomic E-state index is -0.609. The first-order valence-electron chi connectivity index (χ1n) is 9.98. The summed E-state index contributed by atoms with van der Waals surface area (Å²) in [5, 5.41) is 2.56. The van der Waals surface area contributed by atoms with Crippen LogP contribution >= 0.6 is 0 Å². The van der Waals surface area contributed by atoms with Gasteiger partial charge in [-0.25, -0.2) is 5.01 Å². The summed E-state index contributed by atoms with van der Waals surface area (Å²) in [5.74, 6) is 0.758. The number of hydrazine groups is 1. The van der Waals surface area contributed by atoms with Gasteiger partial charge in [0.05, 0.1) is 0 Å². The fourth-order valence-corrected chi connectivity index (χ4v) is 3.77. The summed E-state index contributed by atoms with van der Waals surface area (Å²) in [6.45, 7) is 2.70. The minimum absolute atomic E-state index is 0.0482. The summed E-state index contributed by atoms with van der Waals surface area (Å²) >= 11 is 0. The lowest BCUT2D eigenvalue weighted by Crippen LogP contribution is -2.52. The van der Waals surface area contributed by atoms with Gasteiger partial charge in [-0.05, 0) is 54.3 Å². The van der Waals surface area contributed by atoms with Crippen molar-refractivity contribution in [3.05, 3.63) is 84.1 Å². The molecule has 6 nitrogen and oxygen atoms in total. The van der Waals surface area contributed by atoms with E-state index >= 15 is 0 Å². The lowest BCUT2D eigenvalue weighted by Gasteiger charge is -2.36. The number of allylic oxidation sites excluding steroid dienone is 2. The highest BCUT2D eigenvalue weighted by Crippen LogP contribution is 2.37. The molecule has 0 radical (unpaired) electrons. The summed E-state index contributed by atoms with van der Waals surface area (Å²) in [5.41, 5.74) is 2.25. The van der Waals surface area contributed by atoms with Gasteiger partial charge in [-0.15, -0.1) is 0 Å². The van der Waals surface area contributed by atoms with Crippen LogP contribution in [0.25, 0.3) is 0 Å². The van der Waals surface area contributed by atoms with Crippen LogP contribution in [0.15, 0.2) is 73.0 Å². The molecule has 30 heavy (non-hydrogen) atoms. The third kappa shape index (κ3) is 4.08. The van der Waals surface area contributed by atoms with Gasteiger partial charge in [0.2, 0.25) is 18.0 Å². The number of rotatable bonds is 4. The van der Waals surface area contributed by atoms with E-state index in [4.69, 9.17) is 9.47 Å². The molecule has 2 amide bonds. The van der Waals surface area contributed by atoms with Crippen molar-refractivity contribution in [3.8, 4) is 11.5 Å². The van der Waals surface area contributed by atoms with Gasteiger partial charge in [-0.2, -0.15) is 5.01 Å². The molecule has 154 valence electrons. The fraction of sp³-hybridized carbons (Fsp3) is 0.250. The number of imide groups is 1. The van der Waals surface area contributed by atoms with Crippen LogP contribution in [-0.2, 0) is 16.0 Å². The number of ether oxygens (including phenoxy) is 2. The second kappa shape index (κ2) is 8.45. The van der Waals surface area contributed by atoms with Crippen LogP contribution in [0.3, 0.4) is 0 Å². The Bertz CT molecular complexity index is 986. The highest BCUT2D eigenvalue weighted by Gasteiger charge is 2.28. The summed E-state index contributed by atoms with van der Waals surface area (Å²) in [6.07, 6.45) is 8.23. The molecule has 0 N–H and O–H groups in total. The molecule has 2 aliphatic heterocycles. The maximum Gasteiger partial charge on any atom is 0.245 e. The molecule has 0 bridgehead atoms. The number of benzene rings is 2. The van der Waals surface area contributed by atoms with Crippen LogP contribution < -0.4 is 9.47 Å². The topological polar surface area (TPSA) is 59.1 Å². The van der Waals surface area contributed by atoms with Crippen molar-refractivity contribution >= 4 is 11.8 Å². The predicted octanol–water partition coefficient (Wildman–Crippen LogP) is 4.15. The first-order valence-corrected chi connectivity index (χ1v) is 9.98. The smallest absolute Gasteiger partial charge is 0.245 e. The van der Waals surface area contributed by atoms with Crippen molar-refractivity contribution in [2.75, 3.05) is 0 Å². The Kier molecular flexibility index (Phi) is 5.57. The van der Waals surface area contributed by atoms with Crippen molar-refractivity contribution in [2.24, 2.45) is 0 Å². The highest BCUT2D eigenvalue weighted by atomic mass is 16.5.